The molecule has 0 aliphatic carbocycles. The third-order valence-corrected chi connectivity index (χ3v) is 3.94. The highest BCUT2D eigenvalue weighted by Gasteiger charge is 2.24. The summed E-state index contributed by atoms with van der Waals surface area (Å²) in [6, 6.07) is 5.47. The number of nitrogens with zero attached hydrogens (tertiary/aromatic N) is 4. The lowest BCUT2D eigenvalue weighted by atomic mass is 10.1. The molecule has 2 aromatic rings. The first-order valence-electron chi connectivity index (χ1n) is 7.41. The van der Waals surface area contributed by atoms with E-state index < -0.39 is 0 Å². The average molecular weight is 301 g/mol. The second kappa shape index (κ2) is 6.23. The maximum atomic E-state index is 12.3. The molecule has 1 amide bonds. The molecule has 1 aliphatic rings. The third kappa shape index (κ3) is 2.99. The van der Waals surface area contributed by atoms with Crippen LogP contribution in [-0.2, 0) is 4.74 Å². The van der Waals surface area contributed by atoms with Gasteiger partial charge in [0.05, 0.1) is 17.8 Å². The summed E-state index contributed by atoms with van der Waals surface area (Å²) in [4.78, 5) is 12.3. The molecule has 1 saturated heterocycles. The zero-order valence-corrected chi connectivity index (χ0v) is 12.7. The van der Waals surface area contributed by atoms with Crippen molar-refractivity contribution in [2.75, 3.05) is 6.61 Å². The van der Waals surface area contributed by atoms with Crippen molar-refractivity contribution < 1.29 is 9.53 Å². The predicted octanol–water partition coefficient (Wildman–Crippen LogP) is 1.27. The number of carbonyl (C=O) groups excluding carboxylic acids is 1. The van der Waals surface area contributed by atoms with Gasteiger partial charge in [0.15, 0.2) is 0 Å². The first kappa shape index (κ1) is 14.6. The minimum Gasteiger partial charge on any atom is -0.376 e. The molecular formula is C15H19N5O2. The number of hydrogen-bond donors (Lipinski definition) is 1. The Morgan fingerprint density at radius 1 is 1.50 bits per heavy atom. The molecule has 22 heavy (non-hydrogen) atoms. The molecule has 2 heterocycles. The highest BCUT2D eigenvalue weighted by Crippen LogP contribution is 2.17. The van der Waals surface area contributed by atoms with Gasteiger partial charge >= 0.3 is 0 Å². The molecule has 0 spiro atoms. The van der Waals surface area contributed by atoms with E-state index in [0.29, 0.717) is 5.56 Å². The lowest BCUT2D eigenvalue weighted by Gasteiger charge is -2.20. The number of nitrogens with one attached hydrogen (secondary N) is 1. The van der Waals surface area contributed by atoms with Crippen molar-refractivity contribution in [2.24, 2.45) is 0 Å². The zero-order chi connectivity index (χ0) is 15.5. The van der Waals surface area contributed by atoms with E-state index in [0.717, 1.165) is 30.7 Å². The monoisotopic (exact) mass is 301 g/mol. The van der Waals surface area contributed by atoms with Gasteiger partial charge in [-0.25, -0.2) is 4.68 Å². The summed E-state index contributed by atoms with van der Waals surface area (Å²) in [5.74, 6) is -0.0886. The molecule has 1 N–H and O–H groups in total. The molecule has 1 aliphatic heterocycles. The summed E-state index contributed by atoms with van der Waals surface area (Å²) in [6.45, 7) is 4.69. The first-order chi connectivity index (χ1) is 10.6. The van der Waals surface area contributed by atoms with Gasteiger partial charge in [-0.3, -0.25) is 4.79 Å². The molecule has 7 heteroatoms. The Morgan fingerprint density at radius 2 is 2.36 bits per heavy atom. The van der Waals surface area contributed by atoms with E-state index in [4.69, 9.17) is 4.74 Å². The van der Waals surface area contributed by atoms with Crippen LogP contribution in [0.5, 0.6) is 0 Å². The van der Waals surface area contributed by atoms with Gasteiger partial charge in [-0.2, -0.15) is 0 Å². The topological polar surface area (TPSA) is 81.9 Å². The second-order valence-electron chi connectivity index (χ2n) is 5.57. The van der Waals surface area contributed by atoms with Crippen molar-refractivity contribution in [1.29, 1.82) is 0 Å². The summed E-state index contributed by atoms with van der Waals surface area (Å²) < 4.78 is 7.18. The number of benzene rings is 1. The van der Waals surface area contributed by atoms with E-state index in [2.05, 4.69) is 20.8 Å². The van der Waals surface area contributed by atoms with Crippen LogP contribution in [0.3, 0.4) is 0 Å². The number of hydrogen-bond acceptors (Lipinski definition) is 5. The molecule has 1 fully saturated rings. The highest BCUT2D eigenvalue weighted by molar-refractivity contribution is 5.94. The van der Waals surface area contributed by atoms with Crippen LogP contribution in [0.15, 0.2) is 24.5 Å². The summed E-state index contributed by atoms with van der Waals surface area (Å²) in [7, 11) is 0. The minimum atomic E-state index is -0.0886. The highest BCUT2D eigenvalue weighted by atomic mass is 16.5. The van der Waals surface area contributed by atoms with Crippen LogP contribution < -0.4 is 5.32 Å². The Labute approximate surface area is 128 Å². The number of rotatable bonds is 4. The van der Waals surface area contributed by atoms with Crippen molar-refractivity contribution in [2.45, 2.75) is 38.8 Å². The number of aromatic nitrogens is 4. The van der Waals surface area contributed by atoms with Crippen LogP contribution >= 0.6 is 0 Å². The zero-order valence-electron chi connectivity index (χ0n) is 12.7. The standard InChI is InChI=1S/C15H19N5O2/c1-10-8-12(5-6-13(10)20-9-16-18-19-20)15(21)17-11(2)14-4-3-7-22-14/h5-6,8-9,11,14H,3-4,7H2,1-2H3,(H,17,21). The van der Waals surface area contributed by atoms with Crippen LogP contribution in [-0.4, -0.2) is 44.9 Å². The van der Waals surface area contributed by atoms with Crippen LogP contribution in [0.2, 0.25) is 0 Å². The normalized spacial score (nSPS) is 19.1. The van der Waals surface area contributed by atoms with E-state index in [1.165, 1.54) is 6.33 Å². The van der Waals surface area contributed by atoms with Crippen molar-refractivity contribution in [3.05, 3.63) is 35.7 Å². The predicted molar refractivity (Wildman–Crippen MR) is 79.8 cm³/mol. The van der Waals surface area contributed by atoms with Crippen LogP contribution in [0.4, 0.5) is 0 Å². The average Bonchev–Trinajstić information content (AvgIpc) is 3.20. The third-order valence-electron chi connectivity index (χ3n) is 3.94. The molecule has 2 atom stereocenters. The summed E-state index contributed by atoms with van der Waals surface area (Å²) in [6.07, 6.45) is 3.70. The number of amides is 1. The van der Waals surface area contributed by atoms with Crippen molar-refractivity contribution >= 4 is 5.91 Å². The van der Waals surface area contributed by atoms with Crippen molar-refractivity contribution in [1.82, 2.24) is 25.5 Å². The van der Waals surface area contributed by atoms with E-state index in [-0.39, 0.29) is 18.1 Å². The van der Waals surface area contributed by atoms with E-state index in [1.54, 1.807) is 10.7 Å². The lowest BCUT2D eigenvalue weighted by molar-refractivity contribution is 0.0712. The fourth-order valence-corrected chi connectivity index (χ4v) is 2.71. The first-order valence-corrected chi connectivity index (χ1v) is 7.41. The fraction of sp³-hybridized carbons (Fsp3) is 0.467. The van der Waals surface area contributed by atoms with Gasteiger partial charge in [0.1, 0.15) is 6.33 Å². The molecule has 0 radical (unpaired) electrons. The second-order valence-corrected chi connectivity index (χ2v) is 5.57. The Bertz CT molecular complexity index is 650. The number of carbonyl (C=O) groups is 1. The van der Waals surface area contributed by atoms with Gasteiger partial charge in [0.2, 0.25) is 0 Å². The van der Waals surface area contributed by atoms with Gasteiger partial charge in [-0.05, 0) is 60.9 Å². The smallest absolute Gasteiger partial charge is 0.251 e. The van der Waals surface area contributed by atoms with Crippen molar-refractivity contribution in [3.8, 4) is 5.69 Å². The summed E-state index contributed by atoms with van der Waals surface area (Å²) in [5, 5.41) is 14.1. The van der Waals surface area contributed by atoms with Crippen LogP contribution in [0.25, 0.3) is 5.69 Å². The SMILES string of the molecule is Cc1cc(C(=O)NC(C)C2CCCO2)ccc1-n1cnnn1. The van der Waals surface area contributed by atoms with Gasteiger partial charge in [-0.15, -0.1) is 5.10 Å². The Hall–Kier alpha value is -2.28. The number of aryl methyl sites for hydroxylation is 1. The van der Waals surface area contributed by atoms with Crippen molar-refractivity contribution in [3.63, 3.8) is 0 Å². The molecule has 0 saturated carbocycles. The van der Waals surface area contributed by atoms with E-state index in [1.807, 2.05) is 26.0 Å². The number of tetrazole rings is 1. The van der Waals surface area contributed by atoms with Crippen LogP contribution in [0.1, 0.15) is 35.7 Å². The molecule has 3 rings (SSSR count). The molecule has 2 unspecified atom stereocenters. The summed E-state index contributed by atoms with van der Waals surface area (Å²) in [5.41, 5.74) is 2.41. The molecule has 1 aromatic carbocycles. The quantitative estimate of drug-likeness (QED) is 0.919. The largest absolute Gasteiger partial charge is 0.376 e. The van der Waals surface area contributed by atoms with Crippen LogP contribution in [0, 0.1) is 6.92 Å². The Morgan fingerprint density at radius 3 is 3.00 bits per heavy atom. The molecular weight excluding hydrogens is 282 g/mol. The van der Waals surface area contributed by atoms with E-state index >= 15 is 0 Å². The van der Waals surface area contributed by atoms with Gasteiger partial charge in [0, 0.05) is 12.2 Å². The summed E-state index contributed by atoms with van der Waals surface area (Å²) >= 11 is 0. The fourth-order valence-electron chi connectivity index (χ4n) is 2.71. The maximum absolute atomic E-state index is 12.3. The molecule has 116 valence electrons. The molecule has 1 aromatic heterocycles. The van der Waals surface area contributed by atoms with E-state index in [9.17, 15) is 4.79 Å². The minimum absolute atomic E-state index is 0.00879. The van der Waals surface area contributed by atoms with Gasteiger partial charge in [-0.1, -0.05) is 0 Å². The Kier molecular flexibility index (Phi) is 4.15. The van der Waals surface area contributed by atoms with Gasteiger partial charge < -0.3 is 10.1 Å². The van der Waals surface area contributed by atoms with Gasteiger partial charge in [0.25, 0.3) is 5.91 Å². The number of ether oxygens (including phenoxy) is 1. The molecule has 0 bridgehead atoms. The Balaban J connectivity index is 1.71. The molecule has 7 nitrogen and oxygen atoms in total. The maximum Gasteiger partial charge on any atom is 0.251 e. The lowest BCUT2D eigenvalue weighted by Crippen LogP contribution is -2.40.